The van der Waals surface area contributed by atoms with E-state index in [0.717, 1.165) is 5.92 Å². The summed E-state index contributed by atoms with van der Waals surface area (Å²) in [5.41, 5.74) is 0.703. The molecule has 2 fully saturated rings. The molecular formula is C9H17N. The van der Waals surface area contributed by atoms with E-state index < -0.39 is 0 Å². The van der Waals surface area contributed by atoms with Crippen molar-refractivity contribution in [1.82, 2.24) is 4.90 Å². The number of hydrogen-bond acceptors (Lipinski definition) is 1. The Kier molecular flexibility index (Phi) is 1.31. The van der Waals surface area contributed by atoms with Gasteiger partial charge < -0.3 is 4.90 Å². The maximum Gasteiger partial charge on any atom is 0.0235 e. The molecule has 2 aliphatic rings. The lowest BCUT2D eigenvalue weighted by Crippen LogP contribution is -2.35. The van der Waals surface area contributed by atoms with Gasteiger partial charge in [-0.05, 0) is 45.2 Å². The molecule has 2 saturated carbocycles. The van der Waals surface area contributed by atoms with E-state index in [1.807, 2.05) is 0 Å². The van der Waals surface area contributed by atoms with Crippen molar-refractivity contribution in [1.29, 1.82) is 0 Å². The molecule has 0 saturated heterocycles. The van der Waals surface area contributed by atoms with Gasteiger partial charge in [-0.1, -0.05) is 6.92 Å². The molecule has 2 aliphatic carbocycles. The van der Waals surface area contributed by atoms with Gasteiger partial charge in [0.15, 0.2) is 0 Å². The van der Waals surface area contributed by atoms with Crippen LogP contribution in [0.15, 0.2) is 0 Å². The molecular weight excluding hydrogens is 122 g/mol. The third-order valence-electron chi connectivity index (χ3n) is 3.33. The Balaban J connectivity index is 1.99. The van der Waals surface area contributed by atoms with E-state index in [9.17, 15) is 0 Å². The van der Waals surface area contributed by atoms with Crippen LogP contribution in [0.3, 0.4) is 0 Å². The highest BCUT2D eigenvalue weighted by molar-refractivity contribution is 5.11. The van der Waals surface area contributed by atoms with E-state index in [1.165, 1.54) is 32.2 Å². The van der Waals surface area contributed by atoms with Crippen LogP contribution < -0.4 is 0 Å². The average molecular weight is 139 g/mol. The normalized spacial score (nSPS) is 29.1. The smallest absolute Gasteiger partial charge is 0.0235 e. The summed E-state index contributed by atoms with van der Waals surface area (Å²) in [6.45, 7) is 3.50. The Morgan fingerprint density at radius 1 is 1.40 bits per heavy atom. The van der Waals surface area contributed by atoms with Gasteiger partial charge in [0.1, 0.15) is 0 Å². The van der Waals surface area contributed by atoms with Gasteiger partial charge in [0, 0.05) is 5.54 Å². The number of rotatable bonds is 3. The Labute approximate surface area is 63.4 Å². The van der Waals surface area contributed by atoms with Gasteiger partial charge in [-0.3, -0.25) is 0 Å². The summed E-state index contributed by atoms with van der Waals surface area (Å²) >= 11 is 0. The highest BCUT2D eigenvalue weighted by atomic mass is 15.2. The Morgan fingerprint density at radius 3 is 2.30 bits per heavy atom. The Hall–Kier alpha value is -0.0400. The first-order valence-electron chi connectivity index (χ1n) is 4.51. The molecule has 2 rings (SSSR count). The summed E-state index contributed by atoms with van der Waals surface area (Å²) < 4.78 is 0. The molecule has 0 N–H and O–H groups in total. The van der Waals surface area contributed by atoms with E-state index in [1.54, 1.807) is 0 Å². The standard InChI is InChI=1S/C9H17N/c1-3-10(2)9(6-7-9)8-4-5-8/h8H,3-7H2,1-2H3. The van der Waals surface area contributed by atoms with Crippen LogP contribution in [-0.2, 0) is 0 Å². The van der Waals surface area contributed by atoms with Crippen molar-refractivity contribution in [3.05, 3.63) is 0 Å². The van der Waals surface area contributed by atoms with Crippen molar-refractivity contribution in [2.24, 2.45) is 5.92 Å². The Morgan fingerprint density at radius 2 is 2.00 bits per heavy atom. The Bertz CT molecular complexity index is 134. The maximum absolute atomic E-state index is 2.56. The second-order valence-corrected chi connectivity index (χ2v) is 3.89. The fraction of sp³-hybridized carbons (Fsp3) is 1.00. The average Bonchev–Trinajstić information content (AvgIpc) is 2.74. The van der Waals surface area contributed by atoms with Crippen LogP contribution in [-0.4, -0.2) is 24.0 Å². The zero-order chi connectivity index (χ0) is 7.19. The molecule has 0 aromatic carbocycles. The second kappa shape index (κ2) is 1.97. The molecule has 1 heteroatoms. The molecule has 1 nitrogen and oxygen atoms in total. The first-order chi connectivity index (χ1) is 4.79. The van der Waals surface area contributed by atoms with Crippen LogP contribution in [0.5, 0.6) is 0 Å². The molecule has 0 unspecified atom stereocenters. The summed E-state index contributed by atoms with van der Waals surface area (Å²) in [5.74, 6) is 1.08. The van der Waals surface area contributed by atoms with Gasteiger partial charge in [0.05, 0.1) is 0 Å². The molecule has 58 valence electrons. The second-order valence-electron chi connectivity index (χ2n) is 3.89. The third kappa shape index (κ3) is 0.800. The van der Waals surface area contributed by atoms with Crippen LogP contribution in [0.2, 0.25) is 0 Å². The predicted octanol–water partition coefficient (Wildman–Crippen LogP) is 1.88. The lowest BCUT2D eigenvalue weighted by Gasteiger charge is -2.26. The van der Waals surface area contributed by atoms with Crippen molar-refractivity contribution in [3.63, 3.8) is 0 Å². The molecule has 10 heavy (non-hydrogen) atoms. The minimum atomic E-state index is 0.703. The third-order valence-corrected chi connectivity index (χ3v) is 3.33. The highest BCUT2D eigenvalue weighted by Crippen LogP contribution is 2.56. The molecule has 0 aliphatic heterocycles. The van der Waals surface area contributed by atoms with Crippen LogP contribution in [0.25, 0.3) is 0 Å². The van der Waals surface area contributed by atoms with E-state index in [0.29, 0.717) is 5.54 Å². The largest absolute Gasteiger partial charge is 0.301 e. The summed E-state index contributed by atoms with van der Waals surface area (Å²) in [5, 5.41) is 0. The summed E-state index contributed by atoms with van der Waals surface area (Å²) in [4.78, 5) is 2.56. The van der Waals surface area contributed by atoms with Crippen molar-refractivity contribution >= 4 is 0 Å². The molecule has 0 radical (unpaired) electrons. The summed E-state index contributed by atoms with van der Waals surface area (Å²) in [7, 11) is 2.28. The molecule has 0 spiro atoms. The fourth-order valence-corrected chi connectivity index (χ4v) is 2.17. The van der Waals surface area contributed by atoms with Gasteiger partial charge in [0.2, 0.25) is 0 Å². The summed E-state index contributed by atoms with van der Waals surface area (Å²) in [6.07, 6.45) is 5.96. The maximum atomic E-state index is 2.56. The molecule has 0 atom stereocenters. The van der Waals surface area contributed by atoms with Crippen LogP contribution in [0.4, 0.5) is 0 Å². The summed E-state index contributed by atoms with van der Waals surface area (Å²) in [6, 6.07) is 0. The van der Waals surface area contributed by atoms with Gasteiger partial charge in [0.25, 0.3) is 0 Å². The van der Waals surface area contributed by atoms with Crippen LogP contribution in [0.1, 0.15) is 32.6 Å². The fourth-order valence-electron chi connectivity index (χ4n) is 2.17. The van der Waals surface area contributed by atoms with Crippen molar-refractivity contribution in [2.45, 2.75) is 38.1 Å². The van der Waals surface area contributed by atoms with Gasteiger partial charge in [-0.2, -0.15) is 0 Å². The van der Waals surface area contributed by atoms with Gasteiger partial charge >= 0.3 is 0 Å². The van der Waals surface area contributed by atoms with E-state index in [2.05, 4.69) is 18.9 Å². The predicted molar refractivity (Wildman–Crippen MR) is 43.0 cm³/mol. The van der Waals surface area contributed by atoms with Gasteiger partial charge in [-0.15, -0.1) is 0 Å². The first-order valence-corrected chi connectivity index (χ1v) is 4.51. The molecule has 0 heterocycles. The molecule has 0 bridgehead atoms. The first kappa shape index (κ1) is 6.66. The van der Waals surface area contributed by atoms with E-state index >= 15 is 0 Å². The molecule has 0 amide bonds. The van der Waals surface area contributed by atoms with Crippen LogP contribution >= 0.6 is 0 Å². The van der Waals surface area contributed by atoms with E-state index in [4.69, 9.17) is 0 Å². The topological polar surface area (TPSA) is 3.24 Å². The molecule has 0 aromatic heterocycles. The minimum absolute atomic E-state index is 0.703. The highest BCUT2D eigenvalue weighted by Gasteiger charge is 2.55. The van der Waals surface area contributed by atoms with E-state index in [-0.39, 0.29) is 0 Å². The quantitative estimate of drug-likeness (QED) is 0.577. The molecule has 0 aromatic rings. The van der Waals surface area contributed by atoms with Crippen LogP contribution in [0, 0.1) is 5.92 Å². The lowest BCUT2D eigenvalue weighted by molar-refractivity contribution is 0.206. The van der Waals surface area contributed by atoms with Crippen molar-refractivity contribution < 1.29 is 0 Å². The minimum Gasteiger partial charge on any atom is -0.301 e. The zero-order valence-electron chi connectivity index (χ0n) is 7.06. The monoisotopic (exact) mass is 139 g/mol. The van der Waals surface area contributed by atoms with Gasteiger partial charge in [-0.25, -0.2) is 0 Å². The SMILES string of the molecule is CCN(C)C1(C2CC2)CC1. The zero-order valence-corrected chi connectivity index (χ0v) is 7.06. The number of nitrogens with zero attached hydrogens (tertiary/aromatic N) is 1. The van der Waals surface area contributed by atoms with Crippen molar-refractivity contribution in [3.8, 4) is 0 Å². The van der Waals surface area contributed by atoms with Crippen molar-refractivity contribution in [2.75, 3.05) is 13.6 Å². The number of hydrogen-bond donors (Lipinski definition) is 0. The lowest BCUT2D eigenvalue weighted by atomic mass is 10.1.